The van der Waals surface area contributed by atoms with Gasteiger partial charge in [0.1, 0.15) is 5.03 Å². The van der Waals surface area contributed by atoms with Gasteiger partial charge in [0.2, 0.25) is 0 Å². The van der Waals surface area contributed by atoms with Gasteiger partial charge in [0.25, 0.3) is 11.7 Å². The summed E-state index contributed by atoms with van der Waals surface area (Å²) in [6.07, 6.45) is 3.60. The lowest BCUT2D eigenvalue weighted by Gasteiger charge is -2.23. The molecular formula is C14H19F2N3OS. The molecule has 7 heteroatoms. The molecule has 1 unspecified atom stereocenters. The van der Waals surface area contributed by atoms with E-state index in [9.17, 15) is 13.6 Å². The molecule has 0 radical (unpaired) electrons. The van der Waals surface area contributed by atoms with E-state index in [0.717, 1.165) is 25.9 Å². The van der Waals surface area contributed by atoms with E-state index >= 15 is 0 Å². The van der Waals surface area contributed by atoms with E-state index in [1.165, 1.54) is 12.3 Å². The van der Waals surface area contributed by atoms with Crippen molar-refractivity contribution in [2.45, 2.75) is 36.6 Å². The summed E-state index contributed by atoms with van der Waals surface area (Å²) >= 11 is 0.301. The molecule has 4 nitrogen and oxygen atoms in total. The maximum Gasteiger partial charge on any atom is 0.290 e. The second-order valence-electron chi connectivity index (χ2n) is 4.87. The smallest absolute Gasteiger partial charge is 0.290 e. The third-order valence-electron chi connectivity index (χ3n) is 3.62. The monoisotopic (exact) mass is 315 g/mol. The number of likely N-dealkylation sites (N-methyl/N-ethyl adjacent to an activating group) is 1. The third-order valence-corrected chi connectivity index (χ3v) is 4.35. The second-order valence-corrected chi connectivity index (χ2v) is 5.85. The molecule has 0 spiro atoms. The number of hydrogen-bond donors (Lipinski definition) is 1. The van der Waals surface area contributed by atoms with Crippen LogP contribution in [0.2, 0.25) is 0 Å². The summed E-state index contributed by atoms with van der Waals surface area (Å²) in [6.45, 7) is 4.65. The minimum absolute atomic E-state index is 0.0729. The van der Waals surface area contributed by atoms with E-state index in [4.69, 9.17) is 0 Å². The zero-order valence-electron chi connectivity index (χ0n) is 11.9. The van der Waals surface area contributed by atoms with Crippen molar-refractivity contribution in [3.63, 3.8) is 0 Å². The van der Waals surface area contributed by atoms with Crippen LogP contribution in [0.1, 0.15) is 30.1 Å². The molecule has 1 aliphatic heterocycles. The third kappa shape index (κ3) is 4.38. The van der Waals surface area contributed by atoms with Gasteiger partial charge in [0.15, 0.2) is 0 Å². The van der Waals surface area contributed by atoms with Gasteiger partial charge in [-0.3, -0.25) is 9.69 Å². The van der Waals surface area contributed by atoms with Gasteiger partial charge in [-0.15, -0.1) is 0 Å². The average molecular weight is 315 g/mol. The van der Waals surface area contributed by atoms with Crippen molar-refractivity contribution in [1.29, 1.82) is 0 Å². The Balaban J connectivity index is 1.97. The standard InChI is InChI=1S/C14H19F2N3OS/c1-2-19-8-4-5-10(19)9-18-12(20)11-6-3-7-17-13(11)21-14(15)16/h3,6-7,10,14H,2,4-5,8-9H2,1H3,(H,18,20). The second kappa shape index (κ2) is 7.70. The van der Waals surface area contributed by atoms with Gasteiger partial charge < -0.3 is 5.32 Å². The predicted molar refractivity (Wildman–Crippen MR) is 78.7 cm³/mol. The number of halogens is 2. The summed E-state index contributed by atoms with van der Waals surface area (Å²) in [7, 11) is 0. The molecule has 1 N–H and O–H groups in total. The highest BCUT2D eigenvalue weighted by atomic mass is 32.2. The minimum atomic E-state index is -2.59. The lowest BCUT2D eigenvalue weighted by atomic mass is 10.2. The van der Waals surface area contributed by atoms with Crippen molar-refractivity contribution in [1.82, 2.24) is 15.2 Å². The average Bonchev–Trinajstić information content (AvgIpc) is 2.92. The maximum absolute atomic E-state index is 12.5. The Morgan fingerprint density at radius 1 is 1.62 bits per heavy atom. The Labute approximate surface area is 127 Å². The van der Waals surface area contributed by atoms with E-state index in [2.05, 4.69) is 22.1 Å². The molecule has 1 aromatic heterocycles. The first-order valence-corrected chi connectivity index (χ1v) is 7.91. The molecule has 2 rings (SSSR count). The number of hydrogen-bond acceptors (Lipinski definition) is 4. The SMILES string of the molecule is CCN1CCCC1CNC(=O)c1cccnc1SC(F)F. The highest BCUT2D eigenvalue weighted by molar-refractivity contribution is 7.99. The molecule has 1 aromatic rings. The molecule has 1 atom stereocenters. The van der Waals surface area contributed by atoms with Gasteiger partial charge in [-0.05, 0) is 49.8 Å². The van der Waals surface area contributed by atoms with Crippen LogP contribution < -0.4 is 5.32 Å². The molecule has 2 heterocycles. The number of thioether (sulfide) groups is 1. The van der Waals surface area contributed by atoms with Crippen molar-refractivity contribution in [2.75, 3.05) is 19.6 Å². The normalized spacial score (nSPS) is 19.1. The Bertz CT molecular complexity index is 487. The van der Waals surface area contributed by atoms with Crippen LogP contribution in [0, 0.1) is 0 Å². The summed E-state index contributed by atoms with van der Waals surface area (Å²) < 4.78 is 25.0. The zero-order valence-corrected chi connectivity index (χ0v) is 12.7. The van der Waals surface area contributed by atoms with E-state index in [1.54, 1.807) is 6.07 Å². The van der Waals surface area contributed by atoms with Gasteiger partial charge >= 0.3 is 0 Å². The van der Waals surface area contributed by atoms with Crippen molar-refractivity contribution in [3.8, 4) is 0 Å². The number of nitrogens with one attached hydrogen (secondary N) is 1. The van der Waals surface area contributed by atoms with Gasteiger partial charge in [0, 0.05) is 18.8 Å². The fourth-order valence-corrected chi connectivity index (χ4v) is 3.17. The molecule has 1 fully saturated rings. The summed E-state index contributed by atoms with van der Waals surface area (Å²) in [4.78, 5) is 18.4. The molecule has 0 aliphatic carbocycles. The van der Waals surface area contributed by atoms with Crippen molar-refractivity contribution >= 4 is 17.7 Å². The summed E-state index contributed by atoms with van der Waals surface area (Å²) in [5.41, 5.74) is 0.212. The molecular weight excluding hydrogens is 296 g/mol. The van der Waals surface area contributed by atoms with Crippen LogP contribution in [0.15, 0.2) is 23.4 Å². The molecule has 1 saturated heterocycles. The van der Waals surface area contributed by atoms with Gasteiger partial charge in [-0.1, -0.05) is 6.92 Å². The number of nitrogens with zero attached hydrogens (tertiary/aromatic N) is 2. The van der Waals surface area contributed by atoms with Crippen LogP contribution in [0.3, 0.4) is 0 Å². The Morgan fingerprint density at radius 3 is 3.14 bits per heavy atom. The maximum atomic E-state index is 12.5. The number of pyridine rings is 1. The highest BCUT2D eigenvalue weighted by Crippen LogP contribution is 2.26. The number of amides is 1. The minimum Gasteiger partial charge on any atom is -0.350 e. The molecule has 116 valence electrons. The number of alkyl halides is 2. The predicted octanol–water partition coefficient (Wildman–Crippen LogP) is 2.61. The fraction of sp³-hybridized carbons (Fsp3) is 0.571. The van der Waals surface area contributed by atoms with Crippen LogP contribution in [0.25, 0.3) is 0 Å². The van der Waals surface area contributed by atoms with Crippen LogP contribution in [-0.4, -0.2) is 47.2 Å². The van der Waals surface area contributed by atoms with Crippen molar-refractivity contribution in [3.05, 3.63) is 23.9 Å². The van der Waals surface area contributed by atoms with Gasteiger partial charge in [-0.25, -0.2) is 4.98 Å². The number of carbonyl (C=O) groups excluding carboxylic acids is 1. The van der Waals surface area contributed by atoms with Crippen LogP contribution >= 0.6 is 11.8 Å². The summed E-state index contributed by atoms with van der Waals surface area (Å²) in [5.74, 6) is -2.92. The summed E-state index contributed by atoms with van der Waals surface area (Å²) in [5, 5.41) is 2.91. The highest BCUT2D eigenvalue weighted by Gasteiger charge is 2.24. The molecule has 1 aliphatic rings. The largest absolute Gasteiger partial charge is 0.350 e. The zero-order chi connectivity index (χ0) is 15.2. The fourth-order valence-electron chi connectivity index (χ4n) is 2.59. The first-order valence-electron chi connectivity index (χ1n) is 7.04. The molecule has 0 aromatic carbocycles. The quantitative estimate of drug-likeness (QED) is 0.820. The van der Waals surface area contributed by atoms with E-state index < -0.39 is 5.76 Å². The van der Waals surface area contributed by atoms with E-state index in [0.29, 0.717) is 24.3 Å². The van der Waals surface area contributed by atoms with E-state index in [1.807, 2.05) is 0 Å². The van der Waals surface area contributed by atoms with E-state index in [-0.39, 0.29) is 16.5 Å². The first-order chi connectivity index (χ1) is 10.1. The van der Waals surface area contributed by atoms with Gasteiger partial charge in [0.05, 0.1) is 5.56 Å². The van der Waals surface area contributed by atoms with Crippen LogP contribution in [-0.2, 0) is 0 Å². The number of rotatable bonds is 6. The topological polar surface area (TPSA) is 45.2 Å². The Morgan fingerprint density at radius 2 is 2.43 bits per heavy atom. The lowest BCUT2D eigenvalue weighted by molar-refractivity contribution is 0.0937. The summed E-state index contributed by atoms with van der Waals surface area (Å²) in [6, 6.07) is 3.44. The number of carbonyl (C=O) groups is 1. The lowest BCUT2D eigenvalue weighted by Crippen LogP contribution is -2.40. The number of likely N-dealkylation sites (tertiary alicyclic amines) is 1. The van der Waals surface area contributed by atoms with Crippen LogP contribution in [0.5, 0.6) is 0 Å². The van der Waals surface area contributed by atoms with Gasteiger partial charge in [-0.2, -0.15) is 8.78 Å². The molecule has 1 amide bonds. The Kier molecular flexibility index (Phi) is 5.93. The molecule has 0 bridgehead atoms. The number of aromatic nitrogens is 1. The Hall–Kier alpha value is -1.21. The van der Waals surface area contributed by atoms with Crippen LogP contribution in [0.4, 0.5) is 8.78 Å². The molecule has 21 heavy (non-hydrogen) atoms. The molecule has 0 saturated carbocycles. The first kappa shape index (κ1) is 16.2. The van der Waals surface area contributed by atoms with Crippen molar-refractivity contribution < 1.29 is 13.6 Å². The van der Waals surface area contributed by atoms with Crippen molar-refractivity contribution in [2.24, 2.45) is 0 Å².